The van der Waals surface area contributed by atoms with Crippen molar-refractivity contribution in [2.75, 3.05) is 19.8 Å². The summed E-state index contributed by atoms with van der Waals surface area (Å²) in [5.41, 5.74) is 1.14. The highest BCUT2D eigenvalue weighted by Gasteiger charge is 2.14. The Bertz CT molecular complexity index is 229. The molecule has 0 aromatic carbocycles. The zero-order valence-corrected chi connectivity index (χ0v) is 7.62. The van der Waals surface area contributed by atoms with Crippen LogP contribution in [0, 0.1) is 5.92 Å². The Balaban J connectivity index is 1.63. The summed E-state index contributed by atoms with van der Waals surface area (Å²) in [6, 6.07) is 1.98. The number of hydrogen-bond donors (Lipinski definition) is 2. The highest BCUT2D eigenvalue weighted by Crippen LogP contribution is 2.10. The van der Waals surface area contributed by atoms with Crippen LogP contribution in [0.2, 0.25) is 0 Å². The number of aromatic nitrogens is 2. The van der Waals surface area contributed by atoms with Gasteiger partial charge in [0.15, 0.2) is 0 Å². The molecule has 4 heteroatoms. The van der Waals surface area contributed by atoms with Gasteiger partial charge < -0.3 is 10.1 Å². The minimum Gasteiger partial charge on any atom is -0.381 e. The zero-order valence-electron chi connectivity index (χ0n) is 7.62. The van der Waals surface area contributed by atoms with Gasteiger partial charge in [0.25, 0.3) is 0 Å². The summed E-state index contributed by atoms with van der Waals surface area (Å²) < 4.78 is 5.28. The highest BCUT2D eigenvalue weighted by atomic mass is 16.5. The molecule has 0 saturated carbocycles. The Morgan fingerprint density at radius 3 is 3.38 bits per heavy atom. The summed E-state index contributed by atoms with van der Waals surface area (Å²) in [5.74, 6) is 0.697. The third-order valence-corrected chi connectivity index (χ3v) is 2.33. The van der Waals surface area contributed by atoms with Crippen LogP contribution in [0.5, 0.6) is 0 Å². The molecule has 2 N–H and O–H groups in total. The largest absolute Gasteiger partial charge is 0.381 e. The quantitative estimate of drug-likeness (QED) is 0.712. The van der Waals surface area contributed by atoms with Crippen LogP contribution in [0.15, 0.2) is 12.3 Å². The first-order valence-corrected chi connectivity index (χ1v) is 4.72. The number of nitrogens with zero attached hydrogens (tertiary/aromatic N) is 1. The van der Waals surface area contributed by atoms with E-state index in [0.29, 0.717) is 5.92 Å². The average Bonchev–Trinajstić information content (AvgIpc) is 2.75. The van der Waals surface area contributed by atoms with Gasteiger partial charge in [-0.25, -0.2) is 0 Å². The van der Waals surface area contributed by atoms with Gasteiger partial charge in [0.2, 0.25) is 0 Å². The maximum absolute atomic E-state index is 5.28. The van der Waals surface area contributed by atoms with Crippen molar-refractivity contribution < 1.29 is 4.74 Å². The highest BCUT2D eigenvalue weighted by molar-refractivity contribution is 4.96. The summed E-state index contributed by atoms with van der Waals surface area (Å²) in [7, 11) is 0. The van der Waals surface area contributed by atoms with E-state index in [0.717, 1.165) is 32.0 Å². The minimum absolute atomic E-state index is 0.697. The van der Waals surface area contributed by atoms with Gasteiger partial charge in [-0.05, 0) is 18.4 Å². The lowest BCUT2D eigenvalue weighted by Gasteiger charge is -2.07. The number of ether oxygens (including phenoxy) is 1. The predicted octanol–water partition coefficient (Wildman–Crippen LogP) is 0.536. The lowest BCUT2D eigenvalue weighted by atomic mass is 10.1. The van der Waals surface area contributed by atoms with E-state index in [4.69, 9.17) is 4.74 Å². The molecule has 1 saturated heterocycles. The van der Waals surface area contributed by atoms with E-state index in [1.54, 1.807) is 6.20 Å². The van der Waals surface area contributed by atoms with E-state index < -0.39 is 0 Å². The van der Waals surface area contributed by atoms with Crippen molar-refractivity contribution >= 4 is 0 Å². The molecule has 1 aliphatic rings. The molecule has 2 rings (SSSR count). The van der Waals surface area contributed by atoms with E-state index >= 15 is 0 Å². The Morgan fingerprint density at radius 1 is 1.69 bits per heavy atom. The molecule has 0 spiro atoms. The van der Waals surface area contributed by atoms with E-state index in [9.17, 15) is 0 Å². The molecule has 1 atom stereocenters. The van der Waals surface area contributed by atoms with Crippen LogP contribution in [0.4, 0.5) is 0 Å². The molecule has 1 aliphatic heterocycles. The van der Waals surface area contributed by atoms with Gasteiger partial charge >= 0.3 is 0 Å². The number of rotatable bonds is 4. The summed E-state index contributed by atoms with van der Waals surface area (Å²) in [5, 5.41) is 10.2. The molecule has 1 unspecified atom stereocenters. The fraction of sp³-hybridized carbons (Fsp3) is 0.667. The van der Waals surface area contributed by atoms with Crippen molar-refractivity contribution in [3.8, 4) is 0 Å². The molecule has 72 valence electrons. The van der Waals surface area contributed by atoms with Crippen LogP contribution in [0.1, 0.15) is 12.1 Å². The van der Waals surface area contributed by atoms with Gasteiger partial charge in [-0.1, -0.05) is 0 Å². The van der Waals surface area contributed by atoms with Gasteiger partial charge in [-0.15, -0.1) is 0 Å². The van der Waals surface area contributed by atoms with E-state index in [2.05, 4.69) is 15.5 Å². The van der Waals surface area contributed by atoms with Crippen LogP contribution in [-0.2, 0) is 11.3 Å². The van der Waals surface area contributed by atoms with Crippen LogP contribution in [0.25, 0.3) is 0 Å². The Morgan fingerprint density at radius 2 is 2.69 bits per heavy atom. The van der Waals surface area contributed by atoms with E-state index in [1.165, 1.54) is 6.42 Å². The fourth-order valence-electron chi connectivity index (χ4n) is 1.54. The van der Waals surface area contributed by atoms with Gasteiger partial charge in [-0.3, -0.25) is 5.10 Å². The number of hydrogen-bond acceptors (Lipinski definition) is 3. The summed E-state index contributed by atoms with van der Waals surface area (Å²) in [6.07, 6.45) is 2.96. The second-order valence-electron chi connectivity index (χ2n) is 3.44. The standard InChI is InChI=1S/C9H15N3O/c1-3-11-12-9(1)6-10-5-8-2-4-13-7-8/h1,3,8,10H,2,4-7H2,(H,11,12). The minimum atomic E-state index is 0.697. The number of aromatic amines is 1. The second kappa shape index (κ2) is 4.39. The summed E-state index contributed by atoms with van der Waals surface area (Å²) >= 11 is 0. The van der Waals surface area contributed by atoms with Gasteiger partial charge in [0, 0.05) is 31.6 Å². The molecule has 1 aromatic heterocycles. The maximum atomic E-state index is 5.28. The Kier molecular flexibility index (Phi) is 2.94. The molecule has 0 bridgehead atoms. The monoisotopic (exact) mass is 181 g/mol. The number of nitrogens with one attached hydrogen (secondary N) is 2. The Labute approximate surface area is 77.7 Å². The first-order chi connectivity index (χ1) is 6.45. The van der Waals surface area contributed by atoms with Gasteiger partial charge in [0.05, 0.1) is 6.61 Å². The summed E-state index contributed by atoms with van der Waals surface area (Å²) in [4.78, 5) is 0. The van der Waals surface area contributed by atoms with E-state index in [-0.39, 0.29) is 0 Å². The molecule has 0 aliphatic carbocycles. The lowest BCUT2D eigenvalue weighted by molar-refractivity contribution is 0.185. The molecule has 0 amide bonds. The first-order valence-electron chi connectivity index (χ1n) is 4.72. The third kappa shape index (κ3) is 2.54. The van der Waals surface area contributed by atoms with Crippen LogP contribution >= 0.6 is 0 Å². The van der Waals surface area contributed by atoms with Crippen LogP contribution in [-0.4, -0.2) is 30.0 Å². The van der Waals surface area contributed by atoms with E-state index in [1.807, 2.05) is 6.07 Å². The fourth-order valence-corrected chi connectivity index (χ4v) is 1.54. The molecular weight excluding hydrogens is 166 g/mol. The first kappa shape index (κ1) is 8.72. The maximum Gasteiger partial charge on any atom is 0.0507 e. The van der Waals surface area contributed by atoms with Gasteiger partial charge in [0.1, 0.15) is 0 Å². The third-order valence-electron chi connectivity index (χ3n) is 2.33. The molecule has 2 heterocycles. The topological polar surface area (TPSA) is 49.9 Å². The molecule has 1 fully saturated rings. The molecule has 0 radical (unpaired) electrons. The lowest BCUT2D eigenvalue weighted by Crippen LogP contribution is -2.22. The average molecular weight is 181 g/mol. The molecule has 1 aromatic rings. The Hall–Kier alpha value is -0.870. The van der Waals surface area contributed by atoms with Crippen molar-refractivity contribution in [3.63, 3.8) is 0 Å². The van der Waals surface area contributed by atoms with Crippen molar-refractivity contribution in [2.45, 2.75) is 13.0 Å². The number of H-pyrrole nitrogens is 1. The smallest absolute Gasteiger partial charge is 0.0507 e. The normalized spacial score (nSPS) is 22.3. The molecular formula is C9H15N3O. The SMILES string of the molecule is c1cc(CNCC2CCOC2)[nH]n1. The predicted molar refractivity (Wildman–Crippen MR) is 49.2 cm³/mol. The van der Waals surface area contributed by atoms with Crippen molar-refractivity contribution in [1.29, 1.82) is 0 Å². The van der Waals surface area contributed by atoms with Crippen LogP contribution < -0.4 is 5.32 Å². The van der Waals surface area contributed by atoms with Crippen LogP contribution in [0.3, 0.4) is 0 Å². The van der Waals surface area contributed by atoms with Crippen molar-refractivity contribution in [1.82, 2.24) is 15.5 Å². The molecule has 4 nitrogen and oxygen atoms in total. The summed E-state index contributed by atoms with van der Waals surface area (Å²) in [6.45, 7) is 3.75. The van der Waals surface area contributed by atoms with Crippen molar-refractivity contribution in [2.24, 2.45) is 5.92 Å². The molecule has 13 heavy (non-hydrogen) atoms. The zero-order chi connectivity index (χ0) is 8.93. The van der Waals surface area contributed by atoms with Gasteiger partial charge in [-0.2, -0.15) is 5.10 Å². The second-order valence-corrected chi connectivity index (χ2v) is 3.44. The van der Waals surface area contributed by atoms with Crippen molar-refractivity contribution in [3.05, 3.63) is 18.0 Å².